The highest BCUT2D eigenvalue weighted by Crippen LogP contribution is 2.27. The monoisotopic (exact) mass is 313 g/mol. The van der Waals surface area contributed by atoms with Crippen molar-refractivity contribution < 1.29 is 13.3 Å². The second-order valence-corrected chi connectivity index (χ2v) is 7.11. The van der Waals surface area contributed by atoms with E-state index in [2.05, 4.69) is 10.0 Å². The molecule has 21 heavy (non-hydrogen) atoms. The van der Waals surface area contributed by atoms with Crippen molar-refractivity contribution in [1.82, 2.24) is 10.0 Å². The molecular weight excluding hydrogens is 294 g/mol. The van der Waals surface area contributed by atoms with Gasteiger partial charge >= 0.3 is 0 Å². The summed E-state index contributed by atoms with van der Waals surface area (Å²) in [7, 11) is -3.88. The molecule has 0 aliphatic carbocycles. The topological polar surface area (TPSA) is 101 Å². The second-order valence-electron chi connectivity index (χ2n) is 5.37. The van der Waals surface area contributed by atoms with Gasteiger partial charge in [0.1, 0.15) is 0 Å². The first-order chi connectivity index (χ1) is 9.81. The van der Waals surface area contributed by atoms with E-state index in [9.17, 15) is 18.5 Å². The lowest BCUT2D eigenvalue weighted by molar-refractivity contribution is -0.387. The van der Waals surface area contributed by atoms with Crippen molar-refractivity contribution in [3.05, 3.63) is 33.4 Å². The third kappa shape index (κ3) is 3.58. The van der Waals surface area contributed by atoms with Gasteiger partial charge in [-0.05, 0) is 56.5 Å². The molecule has 1 fully saturated rings. The number of rotatable bonds is 5. The molecule has 0 amide bonds. The lowest BCUT2D eigenvalue weighted by atomic mass is 10.1. The van der Waals surface area contributed by atoms with Crippen molar-refractivity contribution >= 4 is 15.7 Å². The van der Waals surface area contributed by atoms with Gasteiger partial charge in [0.05, 0.1) is 4.92 Å². The molecule has 1 aliphatic rings. The van der Waals surface area contributed by atoms with Crippen LogP contribution in [0.3, 0.4) is 0 Å². The molecule has 1 aliphatic heterocycles. The first-order valence-electron chi connectivity index (χ1n) is 6.77. The van der Waals surface area contributed by atoms with Crippen molar-refractivity contribution in [3.63, 3.8) is 0 Å². The summed E-state index contributed by atoms with van der Waals surface area (Å²) >= 11 is 0. The Morgan fingerprint density at radius 3 is 2.62 bits per heavy atom. The Labute approximate surface area is 123 Å². The highest BCUT2D eigenvalue weighted by Gasteiger charge is 2.27. The van der Waals surface area contributed by atoms with Gasteiger partial charge in [-0.25, -0.2) is 13.1 Å². The molecule has 0 bridgehead atoms. The lowest BCUT2D eigenvalue weighted by Crippen LogP contribution is -2.30. The molecule has 1 aromatic rings. The molecule has 1 aromatic carbocycles. The molecule has 1 heterocycles. The quantitative estimate of drug-likeness (QED) is 0.626. The Hall–Kier alpha value is -1.51. The maximum absolute atomic E-state index is 12.3. The van der Waals surface area contributed by atoms with Gasteiger partial charge in [-0.3, -0.25) is 10.1 Å². The highest BCUT2D eigenvalue weighted by atomic mass is 32.2. The Kier molecular flexibility index (Phi) is 4.60. The van der Waals surface area contributed by atoms with Gasteiger partial charge < -0.3 is 5.32 Å². The molecule has 116 valence electrons. The van der Waals surface area contributed by atoms with Gasteiger partial charge in [0.15, 0.2) is 4.90 Å². The van der Waals surface area contributed by atoms with E-state index in [-0.39, 0.29) is 16.5 Å². The summed E-state index contributed by atoms with van der Waals surface area (Å²) in [5.74, 6) is 0.227. The van der Waals surface area contributed by atoms with E-state index in [0.29, 0.717) is 17.7 Å². The molecule has 0 saturated carbocycles. The van der Waals surface area contributed by atoms with Gasteiger partial charge in [-0.1, -0.05) is 0 Å². The van der Waals surface area contributed by atoms with Crippen molar-refractivity contribution in [3.8, 4) is 0 Å². The van der Waals surface area contributed by atoms with E-state index in [0.717, 1.165) is 19.5 Å². The van der Waals surface area contributed by atoms with Gasteiger partial charge in [-0.2, -0.15) is 0 Å². The number of sulfonamides is 1. The van der Waals surface area contributed by atoms with E-state index >= 15 is 0 Å². The van der Waals surface area contributed by atoms with Crippen LogP contribution in [0.15, 0.2) is 17.0 Å². The molecule has 1 saturated heterocycles. The van der Waals surface area contributed by atoms with Crippen LogP contribution in [0.2, 0.25) is 0 Å². The number of hydrogen-bond acceptors (Lipinski definition) is 5. The molecule has 0 aromatic heterocycles. The summed E-state index contributed by atoms with van der Waals surface area (Å²) in [6, 6.07) is 2.67. The number of nitro benzene ring substituents is 1. The van der Waals surface area contributed by atoms with E-state index in [1.54, 1.807) is 13.8 Å². The summed E-state index contributed by atoms with van der Waals surface area (Å²) in [5, 5.41) is 14.2. The van der Waals surface area contributed by atoms with Crippen LogP contribution in [0.4, 0.5) is 5.69 Å². The van der Waals surface area contributed by atoms with Crippen molar-refractivity contribution in [2.75, 3.05) is 19.6 Å². The van der Waals surface area contributed by atoms with E-state index in [4.69, 9.17) is 0 Å². The minimum absolute atomic E-state index is 0.227. The number of nitro groups is 1. The van der Waals surface area contributed by atoms with Gasteiger partial charge in [-0.15, -0.1) is 0 Å². The lowest BCUT2D eigenvalue weighted by Gasteiger charge is -2.12. The predicted octanol–water partition coefficient (Wildman–Crippen LogP) is 1.10. The van der Waals surface area contributed by atoms with E-state index < -0.39 is 14.9 Å². The number of benzene rings is 1. The maximum atomic E-state index is 12.3. The SMILES string of the molecule is Cc1cc([N+](=O)[O-])c(S(=O)(=O)NCC2CCNC2)cc1C. The van der Waals surface area contributed by atoms with Crippen LogP contribution in [-0.4, -0.2) is 33.0 Å². The standard InChI is InChI=1S/C13H19N3O4S/c1-9-5-12(16(17)18)13(6-10(9)2)21(19,20)15-8-11-3-4-14-7-11/h5-6,11,14-15H,3-4,7-8H2,1-2H3. The molecular formula is C13H19N3O4S. The first kappa shape index (κ1) is 15.9. The summed E-state index contributed by atoms with van der Waals surface area (Å²) in [6.07, 6.45) is 0.900. The fourth-order valence-corrected chi connectivity index (χ4v) is 3.68. The van der Waals surface area contributed by atoms with Crippen LogP contribution in [-0.2, 0) is 10.0 Å². The molecule has 8 heteroatoms. The van der Waals surface area contributed by atoms with Crippen LogP contribution in [0.25, 0.3) is 0 Å². The van der Waals surface area contributed by atoms with E-state index in [1.807, 2.05) is 0 Å². The molecule has 1 atom stereocenters. The molecule has 2 N–H and O–H groups in total. The smallest absolute Gasteiger partial charge is 0.289 e. The minimum Gasteiger partial charge on any atom is -0.316 e. The molecule has 1 unspecified atom stereocenters. The first-order valence-corrected chi connectivity index (χ1v) is 8.25. The van der Waals surface area contributed by atoms with Gasteiger partial charge in [0.25, 0.3) is 5.69 Å². The number of nitrogens with zero attached hydrogens (tertiary/aromatic N) is 1. The Morgan fingerprint density at radius 2 is 2.05 bits per heavy atom. The van der Waals surface area contributed by atoms with Crippen LogP contribution in [0.5, 0.6) is 0 Å². The molecule has 7 nitrogen and oxygen atoms in total. The van der Waals surface area contributed by atoms with Crippen molar-refractivity contribution in [1.29, 1.82) is 0 Å². The Balaban J connectivity index is 2.29. The molecule has 2 rings (SSSR count). The average Bonchev–Trinajstić information content (AvgIpc) is 2.92. The number of nitrogens with one attached hydrogen (secondary N) is 2. The third-order valence-corrected chi connectivity index (χ3v) is 5.24. The molecule has 0 radical (unpaired) electrons. The van der Waals surface area contributed by atoms with Crippen LogP contribution in [0.1, 0.15) is 17.5 Å². The summed E-state index contributed by atoms with van der Waals surface area (Å²) in [6.45, 7) is 5.38. The predicted molar refractivity (Wildman–Crippen MR) is 78.7 cm³/mol. The Morgan fingerprint density at radius 1 is 1.38 bits per heavy atom. The zero-order valence-corrected chi connectivity index (χ0v) is 12.9. The van der Waals surface area contributed by atoms with Crippen molar-refractivity contribution in [2.24, 2.45) is 5.92 Å². The third-order valence-electron chi connectivity index (χ3n) is 3.79. The van der Waals surface area contributed by atoms with Gasteiger partial charge in [0.2, 0.25) is 10.0 Å². The fraction of sp³-hybridized carbons (Fsp3) is 0.538. The molecule has 0 spiro atoms. The second kappa shape index (κ2) is 6.08. The van der Waals surface area contributed by atoms with Crippen LogP contribution in [0, 0.1) is 29.9 Å². The minimum atomic E-state index is -3.88. The summed E-state index contributed by atoms with van der Waals surface area (Å²) in [4.78, 5) is 10.2. The largest absolute Gasteiger partial charge is 0.316 e. The van der Waals surface area contributed by atoms with Crippen molar-refractivity contribution in [2.45, 2.75) is 25.2 Å². The van der Waals surface area contributed by atoms with E-state index in [1.165, 1.54) is 12.1 Å². The zero-order chi connectivity index (χ0) is 15.6. The summed E-state index contributed by atoms with van der Waals surface area (Å²) in [5.41, 5.74) is 1.03. The fourth-order valence-electron chi connectivity index (χ4n) is 2.33. The zero-order valence-electron chi connectivity index (χ0n) is 12.0. The maximum Gasteiger partial charge on any atom is 0.289 e. The van der Waals surface area contributed by atoms with Crippen LogP contribution < -0.4 is 10.0 Å². The normalized spacial score (nSPS) is 18.9. The highest BCUT2D eigenvalue weighted by molar-refractivity contribution is 7.89. The number of hydrogen-bond donors (Lipinski definition) is 2. The van der Waals surface area contributed by atoms with Gasteiger partial charge in [0, 0.05) is 12.6 Å². The number of aryl methyl sites for hydroxylation is 2. The average molecular weight is 313 g/mol. The summed E-state index contributed by atoms with van der Waals surface area (Å²) < 4.78 is 27.2. The van der Waals surface area contributed by atoms with Crippen LogP contribution >= 0.6 is 0 Å². The Bertz CT molecular complexity index is 652.